The third kappa shape index (κ3) is 3.07. The van der Waals surface area contributed by atoms with Crippen LogP contribution in [0.25, 0.3) is 11.0 Å². The highest BCUT2D eigenvalue weighted by Gasteiger charge is 2.15. The molecule has 1 atom stereocenters. The van der Waals surface area contributed by atoms with Crippen molar-refractivity contribution in [2.75, 3.05) is 11.5 Å². The molecule has 19 heavy (non-hydrogen) atoms. The average molecular weight is 281 g/mol. The van der Waals surface area contributed by atoms with Crippen LogP contribution >= 0.6 is 0 Å². The summed E-state index contributed by atoms with van der Waals surface area (Å²) >= 11 is 0. The molecule has 100 valence electrons. The second kappa shape index (κ2) is 5.06. The molecule has 1 heterocycles. The number of amides is 3. The first-order chi connectivity index (χ1) is 8.95. The maximum absolute atomic E-state index is 11.9. The fraction of sp³-hybridized carbons (Fsp3) is 0.100. The minimum atomic E-state index is -1.70. The van der Waals surface area contributed by atoms with E-state index in [0.29, 0.717) is 16.7 Å². The number of aromatic nitrogens is 2. The van der Waals surface area contributed by atoms with E-state index >= 15 is 0 Å². The lowest BCUT2D eigenvalue weighted by atomic mass is 10.3. The Balaban J connectivity index is 2.17. The SMILES string of the molecule is NC(=O)NC(=O)CS(=O)c1nc2ccc(N)cc2[nH]1. The molecule has 2 rings (SSSR count). The third-order valence-electron chi connectivity index (χ3n) is 2.22. The van der Waals surface area contributed by atoms with Crippen molar-refractivity contribution < 1.29 is 13.8 Å². The minimum Gasteiger partial charge on any atom is -0.399 e. The summed E-state index contributed by atoms with van der Waals surface area (Å²) in [6.45, 7) is 0. The molecule has 0 bridgehead atoms. The van der Waals surface area contributed by atoms with Crippen LogP contribution < -0.4 is 16.8 Å². The number of urea groups is 1. The second-order valence-electron chi connectivity index (χ2n) is 3.72. The maximum Gasteiger partial charge on any atom is 0.318 e. The Hall–Kier alpha value is -2.42. The molecule has 0 saturated carbocycles. The summed E-state index contributed by atoms with van der Waals surface area (Å²) in [4.78, 5) is 28.6. The van der Waals surface area contributed by atoms with Crippen LogP contribution in [0.5, 0.6) is 0 Å². The zero-order valence-corrected chi connectivity index (χ0v) is 10.5. The summed E-state index contributed by atoms with van der Waals surface area (Å²) in [5.41, 5.74) is 12.1. The monoisotopic (exact) mass is 281 g/mol. The number of aromatic amines is 1. The van der Waals surface area contributed by atoms with Gasteiger partial charge in [0.05, 0.1) is 21.8 Å². The standard InChI is InChI=1S/C10H11N5O3S/c11-5-1-2-6-7(3-5)14-10(13-6)19(18)4-8(16)15-9(12)17/h1-3H,4,11H2,(H,13,14)(H3,12,15,16,17). The molecule has 0 aliphatic carbocycles. The largest absolute Gasteiger partial charge is 0.399 e. The second-order valence-corrected chi connectivity index (χ2v) is 5.09. The first-order valence-corrected chi connectivity index (χ1v) is 6.50. The van der Waals surface area contributed by atoms with E-state index in [1.54, 1.807) is 18.2 Å². The summed E-state index contributed by atoms with van der Waals surface area (Å²) in [6.07, 6.45) is 0. The van der Waals surface area contributed by atoms with Gasteiger partial charge in [0.15, 0.2) is 5.16 Å². The van der Waals surface area contributed by atoms with Crippen molar-refractivity contribution in [3.63, 3.8) is 0 Å². The predicted octanol–water partition coefficient (Wildman–Crippen LogP) is -0.552. The number of nitrogens with zero attached hydrogens (tertiary/aromatic N) is 1. The number of nitrogens with two attached hydrogens (primary N) is 2. The fourth-order valence-electron chi connectivity index (χ4n) is 1.47. The van der Waals surface area contributed by atoms with Crippen molar-refractivity contribution in [1.82, 2.24) is 15.3 Å². The Morgan fingerprint density at radius 1 is 1.42 bits per heavy atom. The number of carbonyl (C=O) groups excluding carboxylic acids is 2. The number of nitrogen functional groups attached to an aromatic ring is 1. The van der Waals surface area contributed by atoms with Gasteiger partial charge in [0.25, 0.3) is 0 Å². The smallest absolute Gasteiger partial charge is 0.318 e. The molecule has 0 fully saturated rings. The quantitative estimate of drug-likeness (QED) is 0.558. The Kier molecular flexibility index (Phi) is 3.47. The molecular weight excluding hydrogens is 270 g/mol. The van der Waals surface area contributed by atoms with Crippen LogP contribution in [0.4, 0.5) is 10.5 Å². The Bertz CT molecular complexity index is 681. The van der Waals surface area contributed by atoms with Gasteiger partial charge >= 0.3 is 6.03 Å². The zero-order chi connectivity index (χ0) is 14.0. The van der Waals surface area contributed by atoms with Crippen LogP contribution in [0, 0.1) is 0 Å². The molecule has 9 heteroatoms. The highest BCUT2D eigenvalue weighted by molar-refractivity contribution is 7.85. The molecule has 0 radical (unpaired) electrons. The normalized spacial score (nSPS) is 12.2. The van der Waals surface area contributed by atoms with Gasteiger partial charge in [-0.15, -0.1) is 0 Å². The highest BCUT2D eigenvalue weighted by Crippen LogP contribution is 2.16. The number of benzene rings is 1. The first kappa shape index (κ1) is 13.0. The van der Waals surface area contributed by atoms with Crippen molar-refractivity contribution in [3.8, 4) is 0 Å². The van der Waals surface area contributed by atoms with Crippen molar-refractivity contribution in [1.29, 1.82) is 0 Å². The number of anilines is 1. The van der Waals surface area contributed by atoms with Gasteiger partial charge in [-0.1, -0.05) is 0 Å². The van der Waals surface area contributed by atoms with Crippen molar-refractivity contribution >= 4 is 39.5 Å². The molecular formula is C10H11N5O3S. The number of carbonyl (C=O) groups is 2. The number of rotatable bonds is 3. The van der Waals surface area contributed by atoms with Gasteiger partial charge in [0.2, 0.25) is 5.91 Å². The molecule has 1 unspecified atom stereocenters. The number of fused-ring (bicyclic) bond motifs is 1. The van der Waals surface area contributed by atoms with E-state index in [2.05, 4.69) is 9.97 Å². The van der Waals surface area contributed by atoms with E-state index in [-0.39, 0.29) is 5.16 Å². The summed E-state index contributed by atoms with van der Waals surface area (Å²) in [5, 5.41) is 1.97. The van der Waals surface area contributed by atoms with E-state index < -0.39 is 28.5 Å². The van der Waals surface area contributed by atoms with Gasteiger partial charge in [-0.05, 0) is 18.2 Å². The van der Waals surface area contributed by atoms with E-state index in [0.717, 1.165) is 0 Å². The van der Waals surface area contributed by atoms with Crippen LogP contribution in [0.3, 0.4) is 0 Å². The van der Waals surface area contributed by atoms with Gasteiger partial charge < -0.3 is 16.5 Å². The molecule has 6 N–H and O–H groups in total. The van der Waals surface area contributed by atoms with Gasteiger partial charge in [-0.3, -0.25) is 14.3 Å². The summed E-state index contributed by atoms with van der Waals surface area (Å²) in [5.74, 6) is -1.14. The number of H-pyrrole nitrogens is 1. The Morgan fingerprint density at radius 2 is 2.16 bits per heavy atom. The number of hydrogen-bond donors (Lipinski definition) is 4. The van der Waals surface area contributed by atoms with Gasteiger partial charge in [0, 0.05) is 5.69 Å². The third-order valence-corrected chi connectivity index (χ3v) is 3.37. The average Bonchev–Trinajstić information content (AvgIpc) is 2.70. The molecule has 1 aromatic heterocycles. The highest BCUT2D eigenvalue weighted by atomic mass is 32.2. The van der Waals surface area contributed by atoms with E-state index in [4.69, 9.17) is 11.5 Å². The van der Waals surface area contributed by atoms with Crippen LogP contribution in [0.2, 0.25) is 0 Å². The number of primary amides is 1. The van der Waals surface area contributed by atoms with E-state index in [1.807, 2.05) is 5.32 Å². The molecule has 8 nitrogen and oxygen atoms in total. The molecule has 0 spiro atoms. The lowest BCUT2D eigenvalue weighted by molar-refractivity contribution is -0.117. The minimum absolute atomic E-state index is 0.139. The first-order valence-electron chi connectivity index (χ1n) is 5.18. The molecule has 1 aromatic carbocycles. The lowest BCUT2D eigenvalue weighted by Gasteiger charge is -1.98. The number of imide groups is 1. The molecule has 3 amide bonds. The van der Waals surface area contributed by atoms with Crippen LogP contribution in [-0.2, 0) is 15.6 Å². The van der Waals surface area contributed by atoms with Gasteiger partial charge in [-0.2, -0.15) is 0 Å². The number of imidazole rings is 1. The maximum atomic E-state index is 11.9. The Labute approximate surface area is 110 Å². The van der Waals surface area contributed by atoms with Crippen molar-refractivity contribution in [3.05, 3.63) is 18.2 Å². The summed E-state index contributed by atoms with van der Waals surface area (Å²) < 4.78 is 11.9. The predicted molar refractivity (Wildman–Crippen MR) is 69.5 cm³/mol. The topological polar surface area (TPSA) is 144 Å². The number of hydrogen-bond acceptors (Lipinski definition) is 5. The van der Waals surface area contributed by atoms with Crippen molar-refractivity contribution in [2.24, 2.45) is 5.73 Å². The fourth-order valence-corrected chi connectivity index (χ4v) is 2.34. The zero-order valence-electron chi connectivity index (χ0n) is 9.67. The molecule has 0 aliphatic rings. The molecule has 2 aromatic rings. The van der Waals surface area contributed by atoms with E-state index in [9.17, 15) is 13.8 Å². The lowest BCUT2D eigenvalue weighted by Crippen LogP contribution is -2.37. The van der Waals surface area contributed by atoms with Crippen molar-refractivity contribution in [2.45, 2.75) is 5.16 Å². The van der Waals surface area contributed by atoms with Crippen LogP contribution in [-0.4, -0.2) is 31.9 Å². The molecule has 0 saturated heterocycles. The van der Waals surface area contributed by atoms with Crippen LogP contribution in [0.15, 0.2) is 23.4 Å². The number of nitrogens with one attached hydrogen (secondary N) is 2. The van der Waals surface area contributed by atoms with Gasteiger partial charge in [0.1, 0.15) is 5.75 Å². The van der Waals surface area contributed by atoms with Crippen LogP contribution in [0.1, 0.15) is 0 Å². The summed E-state index contributed by atoms with van der Waals surface area (Å²) in [7, 11) is -1.70. The summed E-state index contributed by atoms with van der Waals surface area (Å²) in [6, 6.07) is 3.99. The Morgan fingerprint density at radius 3 is 2.84 bits per heavy atom. The van der Waals surface area contributed by atoms with E-state index in [1.165, 1.54) is 0 Å². The van der Waals surface area contributed by atoms with Gasteiger partial charge in [-0.25, -0.2) is 9.78 Å². The molecule has 0 aliphatic heterocycles.